The molecule has 1 aromatic rings. The first-order valence-corrected chi connectivity index (χ1v) is 7.70. The lowest BCUT2D eigenvalue weighted by molar-refractivity contribution is -0.138. The maximum absolute atomic E-state index is 13.8. The van der Waals surface area contributed by atoms with E-state index < -0.39 is 56.9 Å². The van der Waals surface area contributed by atoms with Crippen LogP contribution in [-0.4, -0.2) is 18.4 Å². The summed E-state index contributed by atoms with van der Waals surface area (Å²) in [6, 6.07) is 0. The van der Waals surface area contributed by atoms with Gasteiger partial charge in [-0.3, -0.25) is 4.79 Å². The Hall–Kier alpha value is -1.90. The molecule has 1 aliphatic carbocycles. The summed E-state index contributed by atoms with van der Waals surface area (Å²) in [7, 11) is 0. The van der Waals surface area contributed by atoms with E-state index in [9.17, 15) is 27.2 Å². The van der Waals surface area contributed by atoms with Gasteiger partial charge in [-0.25, -0.2) is 22.4 Å². The van der Waals surface area contributed by atoms with Gasteiger partial charge in [0, 0.05) is 5.92 Å². The van der Waals surface area contributed by atoms with Crippen molar-refractivity contribution in [1.82, 2.24) is 0 Å². The van der Waals surface area contributed by atoms with Gasteiger partial charge < -0.3 is 10.5 Å². The highest BCUT2D eigenvalue weighted by Gasteiger charge is 2.44. The normalized spacial score (nSPS) is 20.0. The van der Waals surface area contributed by atoms with Crippen molar-refractivity contribution >= 4 is 27.7 Å². The zero-order chi connectivity index (χ0) is 18.2. The number of benzene rings is 1. The van der Waals surface area contributed by atoms with Crippen molar-refractivity contribution in [2.75, 3.05) is 6.61 Å². The van der Waals surface area contributed by atoms with E-state index in [0.29, 0.717) is 0 Å². The van der Waals surface area contributed by atoms with Crippen molar-refractivity contribution < 1.29 is 31.9 Å². The van der Waals surface area contributed by atoms with E-state index in [4.69, 9.17) is 5.73 Å². The van der Waals surface area contributed by atoms with Crippen LogP contribution in [0.2, 0.25) is 0 Å². The van der Waals surface area contributed by atoms with Gasteiger partial charge in [0.25, 0.3) is 0 Å². The van der Waals surface area contributed by atoms with Gasteiger partial charge in [-0.05, 0) is 35.2 Å². The fraction of sp³-hybridized carbons (Fsp3) is 0.333. The highest BCUT2D eigenvalue weighted by atomic mass is 79.9. The second-order valence-electron chi connectivity index (χ2n) is 5.16. The van der Waals surface area contributed by atoms with Gasteiger partial charge in [0.15, 0.2) is 29.1 Å². The van der Waals surface area contributed by atoms with Gasteiger partial charge in [0.1, 0.15) is 5.70 Å². The smallest absolute Gasteiger partial charge is 0.353 e. The van der Waals surface area contributed by atoms with E-state index in [2.05, 4.69) is 20.7 Å². The minimum absolute atomic E-state index is 0.118. The van der Waals surface area contributed by atoms with Crippen LogP contribution in [0.25, 0.3) is 0 Å². The molecule has 1 fully saturated rings. The number of halogens is 5. The Labute approximate surface area is 142 Å². The number of allylic oxidation sites excluding steroid dienone is 1. The fourth-order valence-corrected chi connectivity index (χ4v) is 2.76. The first kappa shape index (κ1) is 18.4. The summed E-state index contributed by atoms with van der Waals surface area (Å²) in [5.74, 6) is -10.5. The molecule has 1 aromatic carbocycles. The lowest BCUT2D eigenvalue weighted by Gasteiger charge is -2.08. The van der Waals surface area contributed by atoms with Crippen LogP contribution >= 0.6 is 15.9 Å². The third-order valence-electron chi connectivity index (χ3n) is 3.54. The van der Waals surface area contributed by atoms with Gasteiger partial charge in [-0.2, -0.15) is 0 Å². The van der Waals surface area contributed by atoms with Crippen molar-refractivity contribution in [3.8, 4) is 0 Å². The van der Waals surface area contributed by atoms with Crippen LogP contribution in [0.15, 0.2) is 16.2 Å². The van der Waals surface area contributed by atoms with E-state index in [1.807, 2.05) is 0 Å². The molecular weight excluding hydrogens is 398 g/mol. The molecule has 0 aliphatic heterocycles. The summed E-state index contributed by atoms with van der Waals surface area (Å²) >= 11 is 2.57. The average Bonchev–Trinajstić information content (AvgIpc) is 3.30. The molecule has 2 unspecified atom stereocenters. The highest BCUT2D eigenvalue weighted by molar-refractivity contribution is 9.10. The highest BCUT2D eigenvalue weighted by Crippen LogP contribution is 2.44. The quantitative estimate of drug-likeness (QED) is 0.202. The predicted molar refractivity (Wildman–Crippen MR) is 78.8 cm³/mol. The van der Waals surface area contributed by atoms with Crippen molar-refractivity contribution in [2.45, 2.75) is 13.3 Å². The number of hydrogen-bond donors (Lipinski definition) is 1. The van der Waals surface area contributed by atoms with Crippen molar-refractivity contribution in [1.29, 1.82) is 0 Å². The number of nitrogens with two attached hydrogens (primary N) is 1. The van der Waals surface area contributed by atoms with Crippen molar-refractivity contribution in [2.24, 2.45) is 17.6 Å². The van der Waals surface area contributed by atoms with Gasteiger partial charge in [0.2, 0.25) is 0 Å². The molecule has 9 heteroatoms. The van der Waals surface area contributed by atoms with Crippen LogP contribution in [-0.2, 0) is 9.53 Å². The monoisotopic (exact) mass is 409 g/mol. The van der Waals surface area contributed by atoms with Gasteiger partial charge in [-0.1, -0.05) is 6.08 Å². The van der Waals surface area contributed by atoms with E-state index >= 15 is 0 Å². The Kier molecular flexibility index (Phi) is 5.32. The summed E-state index contributed by atoms with van der Waals surface area (Å²) in [6.45, 7) is 1.71. The van der Waals surface area contributed by atoms with E-state index in [1.54, 1.807) is 6.92 Å². The van der Waals surface area contributed by atoms with Crippen LogP contribution in [0.1, 0.15) is 23.7 Å². The number of carbonyl (C=O) groups excluding carboxylic acids is 2. The van der Waals surface area contributed by atoms with Crippen LogP contribution in [0.4, 0.5) is 17.6 Å². The maximum Gasteiger partial charge on any atom is 0.353 e. The third-order valence-corrected chi connectivity index (χ3v) is 4.28. The predicted octanol–water partition coefficient (Wildman–Crippen LogP) is 3.23. The molecule has 0 aromatic heterocycles. The molecule has 0 heterocycles. The molecule has 0 saturated heterocycles. The molecule has 2 rings (SSSR count). The zero-order valence-electron chi connectivity index (χ0n) is 12.3. The Morgan fingerprint density at radius 3 is 2.38 bits per heavy atom. The molecule has 0 amide bonds. The standard InChI is InChI=1S/C15H12BrF4NO3/c1-2-24-15(23)7(21)4-5-3-6(5)14(22)8-9(16)11(18)13(20)12(19)10(8)17/h4-6H,2-3,21H2,1H3. The zero-order valence-corrected chi connectivity index (χ0v) is 13.9. The molecule has 4 nitrogen and oxygen atoms in total. The summed E-state index contributed by atoms with van der Waals surface area (Å²) in [4.78, 5) is 23.6. The molecule has 0 radical (unpaired) electrons. The van der Waals surface area contributed by atoms with Gasteiger partial charge >= 0.3 is 5.97 Å². The minimum atomic E-state index is -2.06. The maximum atomic E-state index is 13.8. The van der Waals surface area contributed by atoms with Crippen molar-refractivity contribution in [3.63, 3.8) is 0 Å². The molecule has 24 heavy (non-hydrogen) atoms. The van der Waals surface area contributed by atoms with Crippen molar-refractivity contribution in [3.05, 3.63) is 45.1 Å². The molecule has 2 N–H and O–H groups in total. The molecular formula is C15H12BrF4NO3. The second kappa shape index (κ2) is 6.92. The lowest BCUT2D eigenvalue weighted by atomic mass is 10.0. The number of ether oxygens (including phenoxy) is 1. The van der Waals surface area contributed by atoms with E-state index in [1.165, 1.54) is 6.08 Å². The van der Waals surface area contributed by atoms with Crippen LogP contribution in [0, 0.1) is 35.1 Å². The van der Waals surface area contributed by atoms with E-state index in [0.717, 1.165) is 0 Å². The molecule has 2 atom stereocenters. The number of ketones is 1. The summed E-state index contributed by atoms with van der Waals surface area (Å²) in [5, 5.41) is 0. The first-order chi connectivity index (χ1) is 11.2. The first-order valence-electron chi connectivity index (χ1n) is 6.90. The molecule has 0 spiro atoms. The van der Waals surface area contributed by atoms with Crippen LogP contribution < -0.4 is 5.73 Å². The molecule has 1 aliphatic rings. The Bertz CT molecular complexity index is 722. The van der Waals surface area contributed by atoms with E-state index in [-0.39, 0.29) is 18.7 Å². The average molecular weight is 410 g/mol. The number of rotatable bonds is 5. The third kappa shape index (κ3) is 3.31. The molecule has 1 saturated carbocycles. The molecule has 130 valence electrons. The van der Waals surface area contributed by atoms with Crippen LogP contribution in [0.5, 0.6) is 0 Å². The summed E-state index contributed by atoms with van der Waals surface area (Å²) in [6.07, 6.45) is 1.49. The van der Waals surface area contributed by atoms with Crippen LogP contribution in [0.3, 0.4) is 0 Å². The lowest BCUT2D eigenvalue weighted by Crippen LogP contribution is -2.16. The second-order valence-corrected chi connectivity index (χ2v) is 5.95. The topological polar surface area (TPSA) is 69.4 Å². The summed E-state index contributed by atoms with van der Waals surface area (Å²) in [5.41, 5.74) is 4.38. The largest absolute Gasteiger partial charge is 0.461 e. The minimum Gasteiger partial charge on any atom is -0.461 e. The van der Waals surface area contributed by atoms with Gasteiger partial charge in [-0.15, -0.1) is 0 Å². The Balaban J connectivity index is 2.24. The van der Waals surface area contributed by atoms with Gasteiger partial charge in [0.05, 0.1) is 16.6 Å². The fourth-order valence-electron chi connectivity index (χ4n) is 2.22. The summed E-state index contributed by atoms with van der Waals surface area (Å²) < 4.78 is 57.6. The molecule has 0 bridgehead atoms. The number of esters is 1. The Morgan fingerprint density at radius 1 is 1.21 bits per heavy atom. The number of Topliss-reactive ketones (excluding diaryl/α,β-unsaturated/α-hetero) is 1. The Morgan fingerprint density at radius 2 is 1.79 bits per heavy atom. The SMILES string of the molecule is CCOC(=O)C(N)=CC1CC1C(=O)c1c(F)c(F)c(F)c(F)c1Br. The number of hydrogen-bond acceptors (Lipinski definition) is 4. The number of carbonyl (C=O) groups is 2.